The third kappa shape index (κ3) is 4.31. The van der Waals surface area contributed by atoms with Crippen LogP contribution in [0.1, 0.15) is 30.9 Å². The van der Waals surface area contributed by atoms with E-state index in [9.17, 15) is 19.5 Å². The Labute approximate surface area is 217 Å². The SMILES string of the molecule is C=CCOc1ccc(/C(O)=C2\C(=O)C(=O)N(CCCN(C)C)C23C(=O)N(CCC)c2ccccc23)cc1. The molecular weight excluding hydrogens is 470 g/mol. The number of likely N-dealkylation sites (tertiary alicyclic amines) is 1. The van der Waals surface area contributed by atoms with Crippen molar-refractivity contribution >= 4 is 29.0 Å². The van der Waals surface area contributed by atoms with Gasteiger partial charge in [-0.15, -0.1) is 0 Å². The van der Waals surface area contributed by atoms with Crippen LogP contribution in [0.5, 0.6) is 5.75 Å². The van der Waals surface area contributed by atoms with Crippen LogP contribution in [-0.4, -0.2) is 72.8 Å². The third-order valence-corrected chi connectivity index (χ3v) is 6.74. The summed E-state index contributed by atoms with van der Waals surface area (Å²) in [5, 5.41) is 11.5. The molecule has 1 saturated heterocycles. The van der Waals surface area contributed by atoms with Crippen LogP contribution >= 0.6 is 0 Å². The third-order valence-electron chi connectivity index (χ3n) is 6.74. The highest BCUT2D eigenvalue weighted by Gasteiger charge is 2.66. The minimum Gasteiger partial charge on any atom is -0.507 e. The average Bonchev–Trinajstić information content (AvgIpc) is 3.26. The molecule has 4 rings (SSSR count). The Morgan fingerprint density at radius 3 is 2.43 bits per heavy atom. The number of hydrogen-bond donors (Lipinski definition) is 1. The van der Waals surface area contributed by atoms with Gasteiger partial charge >= 0.3 is 0 Å². The lowest BCUT2D eigenvalue weighted by Crippen LogP contribution is -2.52. The predicted molar refractivity (Wildman–Crippen MR) is 142 cm³/mol. The lowest BCUT2D eigenvalue weighted by molar-refractivity contribution is -0.143. The van der Waals surface area contributed by atoms with Crippen molar-refractivity contribution in [3.8, 4) is 5.75 Å². The van der Waals surface area contributed by atoms with E-state index in [1.807, 2.05) is 38.1 Å². The molecule has 8 nitrogen and oxygen atoms in total. The lowest BCUT2D eigenvalue weighted by atomic mass is 9.82. The van der Waals surface area contributed by atoms with E-state index in [1.54, 1.807) is 47.4 Å². The molecule has 0 aliphatic carbocycles. The Bertz CT molecular complexity index is 1250. The number of aliphatic hydroxyl groups excluding tert-OH is 1. The highest BCUT2D eigenvalue weighted by molar-refractivity contribution is 6.50. The fraction of sp³-hybridized carbons (Fsp3) is 0.345. The van der Waals surface area contributed by atoms with E-state index < -0.39 is 23.1 Å². The number of ether oxygens (including phenoxy) is 1. The van der Waals surface area contributed by atoms with E-state index in [4.69, 9.17) is 4.74 Å². The molecule has 2 aliphatic heterocycles. The zero-order valence-corrected chi connectivity index (χ0v) is 21.6. The Hall–Kier alpha value is -3.91. The van der Waals surface area contributed by atoms with Gasteiger partial charge in [-0.1, -0.05) is 37.8 Å². The van der Waals surface area contributed by atoms with Crippen LogP contribution in [0.25, 0.3) is 5.76 Å². The number of amides is 2. The number of anilines is 1. The minimum absolute atomic E-state index is 0.188. The van der Waals surface area contributed by atoms with Gasteiger partial charge in [0.25, 0.3) is 17.6 Å². The van der Waals surface area contributed by atoms with Crippen molar-refractivity contribution in [2.45, 2.75) is 25.3 Å². The summed E-state index contributed by atoms with van der Waals surface area (Å²) >= 11 is 0. The molecule has 2 aromatic carbocycles. The van der Waals surface area contributed by atoms with Crippen molar-refractivity contribution < 1.29 is 24.2 Å². The molecular formula is C29H33N3O5. The smallest absolute Gasteiger partial charge is 0.296 e. The van der Waals surface area contributed by atoms with Crippen molar-refractivity contribution in [1.29, 1.82) is 0 Å². The van der Waals surface area contributed by atoms with Crippen molar-refractivity contribution in [3.05, 3.63) is 77.9 Å². The molecule has 194 valence electrons. The molecule has 8 heteroatoms. The summed E-state index contributed by atoms with van der Waals surface area (Å²) in [7, 11) is 3.84. The van der Waals surface area contributed by atoms with Crippen molar-refractivity contribution in [2.24, 2.45) is 0 Å². The van der Waals surface area contributed by atoms with Crippen LogP contribution in [0.4, 0.5) is 5.69 Å². The normalized spacial score (nSPS) is 20.3. The number of para-hydroxylation sites is 1. The van der Waals surface area contributed by atoms with Crippen LogP contribution in [0.2, 0.25) is 0 Å². The minimum atomic E-state index is -1.73. The predicted octanol–water partition coefficient (Wildman–Crippen LogP) is 3.54. The number of benzene rings is 2. The highest BCUT2D eigenvalue weighted by atomic mass is 16.5. The van der Waals surface area contributed by atoms with Crippen molar-refractivity contribution in [2.75, 3.05) is 45.2 Å². The topological polar surface area (TPSA) is 90.4 Å². The van der Waals surface area contributed by atoms with Gasteiger partial charge in [-0.3, -0.25) is 14.4 Å². The number of nitrogens with zero attached hydrogens (tertiary/aromatic N) is 3. The Morgan fingerprint density at radius 2 is 1.78 bits per heavy atom. The van der Waals surface area contributed by atoms with E-state index in [0.29, 0.717) is 55.1 Å². The molecule has 1 N–H and O–H groups in total. The van der Waals surface area contributed by atoms with Gasteiger partial charge in [0.15, 0.2) is 5.54 Å². The number of carbonyl (C=O) groups excluding carboxylic acids is 3. The number of hydrogen-bond acceptors (Lipinski definition) is 6. The molecule has 1 spiro atoms. The molecule has 0 aromatic heterocycles. The highest BCUT2D eigenvalue weighted by Crippen LogP contribution is 2.53. The second-order valence-electron chi connectivity index (χ2n) is 9.47. The van der Waals surface area contributed by atoms with Crippen LogP contribution in [0.15, 0.2) is 66.8 Å². The summed E-state index contributed by atoms with van der Waals surface area (Å²) in [6, 6.07) is 13.7. The Balaban J connectivity index is 1.92. The molecule has 0 saturated carbocycles. The van der Waals surface area contributed by atoms with E-state index in [-0.39, 0.29) is 17.9 Å². The first-order chi connectivity index (χ1) is 17.8. The van der Waals surface area contributed by atoms with Gasteiger partial charge in [0, 0.05) is 24.2 Å². The van der Waals surface area contributed by atoms with Gasteiger partial charge < -0.3 is 24.5 Å². The summed E-state index contributed by atoms with van der Waals surface area (Å²) in [6.07, 6.45) is 2.87. The number of carbonyl (C=O) groups is 3. The number of rotatable bonds is 10. The number of fused-ring (bicyclic) bond motifs is 2. The largest absolute Gasteiger partial charge is 0.507 e. The molecule has 2 aromatic rings. The molecule has 1 fully saturated rings. The molecule has 0 bridgehead atoms. The maximum absolute atomic E-state index is 14.3. The Kier molecular flexibility index (Phi) is 7.50. The van der Waals surface area contributed by atoms with E-state index >= 15 is 0 Å². The fourth-order valence-corrected chi connectivity index (χ4v) is 5.17. The first-order valence-electron chi connectivity index (χ1n) is 12.5. The van der Waals surface area contributed by atoms with Crippen LogP contribution < -0.4 is 9.64 Å². The monoisotopic (exact) mass is 503 g/mol. The zero-order valence-electron chi connectivity index (χ0n) is 21.6. The van der Waals surface area contributed by atoms with Crippen LogP contribution in [0, 0.1) is 0 Å². The zero-order chi connectivity index (χ0) is 26.7. The first kappa shape index (κ1) is 26.2. The molecule has 2 heterocycles. The number of ketones is 1. The molecule has 37 heavy (non-hydrogen) atoms. The standard InChI is InChI=1S/C29H33N3O5/c1-5-16-31-23-11-8-7-10-22(23)29(28(31)36)24(26(34)27(35)32(29)18-9-17-30(3)4)25(33)20-12-14-21(15-13-20)37-19-6-2/h6-8,10-15,33H,2,5,9,16-19H2,1,3-4H3/b25-24-. The summed E-state index contributed by atoms with van der Waals surface area (Å²) in [5.74, 6) is -1.87. The first-order valence-corrected chi connectivity index (χ1v) is 12.5. The maximum atomic E-state index is 14.3. The van der Waals surface area contributed by atoms with Gasteiger partial charge in [-0.2, -0.15) is 0 Å². The number of aliphatic hydroxyl groups is 1. The molecule has 2 amide bonds. The summed E-state index contributed by atoms with van der Waals surface area (Å²) in [5.41, 5.74) is -0.430. The quantitative estimate of drug-likeness (QED) is 0.231. The molecule has 0 radical (unpaired) electrons. The maximum Gasteiger partial charge on any atom is 0.296 e. The van der Waals surface area contributed by atoms with Gasteiger partial charge in [0.1, 0.15) is 18.1 Å². The second-order valence-corrected chi connectivity index (χ2v) is 9.47. The Morgan fingerprint density at radius 1 is 1.08 bits per heavy atom. The lowest BCUT2D eigenvalue weighted by Gasteiger charge is -2.34. The molecule has 2 aliphatic rings. The van der Waals surface area contributed by atoms with E-state index in [2.05, 4.69) is 6.58 Å². The van der Waals surface area contributed by atoms with Crippen molar-refractivity contribution in [3.63, 3.8) is 0 Å². The van der Waals surface area contributed by atoms with Crippen LogP contribution in [-0.2, 0) is 19.9 Å². The van der Waals surface area contributed by atoms with Crippen LogP contribution in [0.3, 0.4) is 0 Å². The van der Waals surface area contributed by atoms with Gasteiger partial charge in [-0.05, 0) is 63.8 Å². The van der Waals surface area contributed by atoms with E-state index in [1.165, 1.54) is 4.90 Å². The number of Topliss-reactive ketones (excluding diaryl/α,β-unsaturated/α-hetero) is 1. The van der Waals surface area contributed by atoms with Gasteiger partial charge in [0.05, 0.1) is 11.3 Å². The fourth-order valence-electron chi connectivity index (χ4n) is 5.17. The second kappa shape index (κ2) is 10.6. The average molecular weight is 504 g/mol. The van der Waals surface area contributed by atoms with Crippen molar-refractivity contribution in [1.82, 2.24) is 9.80 Å². The summed E-state index contributed by atoms with van der Waals surface area (Å²) < 4.78 is 5.52. The molecule has 1 atom stereocenters. The summed E-state index contributed by atoms with van der Waals surface area (Å²) in [4.78, 5) is 46.3. The molecule has 1 unspecified atom stereocenters. The summed E-state index contributed by atoms with van der Waals surface area (Å²) in [6.45, 7) is 7.19. The van der Waals surface area contributed by atoms with Gasteiger partial charge in [0.2, 0.25) is 0 Å². The van der Waals surface area contributed by atoms with Gasteiger partial charge in [-0.25, -0.2) is 0 Å². The van der Waals surface area contributed by atoms with E-state index in [0.717, 1.165) is 0 Å².